The Hall–Kier alpha value is -1.60. The molecule has 1 N–H and O–H groups in total. The van der Waals surface area contributed by atoms with Crippen LogP contribution in [0.3, 0.4) is 0 Å². The first-order valence-corrected chi connectivity index (χ1v) is 8.63. The Balaban J connectivity index is 2.27. The number of carbonyl (C=O) groups is 1. The van der Waals surface area contributed by atoms with E-state index in [0.29, 0.717) is 0 Å². The summed E-state index contributed by atoms with van der Waals surface area (Å²) in [5, 5.41) is 0.838. The van der Waals surface area contributed by atoms with Crippen LogP contribution >= 0.6 is 11.3 Å². The third kappa shape index (κ3) is 3.95. The van der Waals surface area contributed by atoms with Gasteiger partial charge in [0.2, 0.25) is 0 Å². The third-order valence-electron chi connectivity index (χ3n) is 2.53. The lowest BCUT2D eigenvalue weighted by Gasteiger charge is -2.19. The zero-order chi connectivity index (χ0) is 15.8. The Morgan fingerprint density at radius 2 is 1.90 bits per heavy atom. The minimum Gasteiger partial charge on any atom is -0.443 e. The second-order valence-electron chi connectivity index (χ2n) is 5.71. The number of aryl methyl sites for hydroxylation is 1. The number of benzene rings is 1. The van der Waals surface area contributed by atoms with E-state index in [1.165, 1.54) is 0 Å². The number of hydrogen-bond donors (Lipinski definition) is 1. The van der Waals surface area contributed by atoms with Gasteiger partial charge in [-0.15, -0.1) is 11.3 Å². The molecular formula is C14H17NO4S2. The van der Waals surface area contributed by atoms with Crippen molar-refractivity contribution >= 4 is 37.5 Å². The molecule has 1 aromatic heterocycles. The molecule has 0 atom stereocenters. The van der Waals surface area contributed by atoms with Crippen LogP contribution in [0.1, 0.15) is 26.3 Å². The molecule has 0 unspecified atom stereocenters. The number of carbonyl (C=O) groups excluding carboxylic acids is 1. The molecule has 1 amide bonds. The van der Waals surface area contributed by atoms with E-state index >= 15 is 0 Å². The Morgan fingerprint density at radius 1 is 1.24 bits per heavy atom. The highest BCUT2D eigenvalue weighted by Gasteiger charge is 2.24. The average Bonchev–Trinajstić information content (AvgIpc) is 2.68. The van der Waals surface area contributed by atoms with Crippen LogP contribution in [0, 0.1) is 6.92 Å². The molecule has 0 fully saturated rings. The molecule has 0 bridgehead atoms. The van der Waals surface area contributed by atoms with Gasteiger partial charge in [-0.1, -0.05) is 17.7 Å². The molecule has 114 valence electrons. The molecule has 0 saturated carbocycles. The Bertz CT molecular complexity index is 785. The van der Waals surface area contributed by atoms with E-state index in [0.717, 1.165) is 27.0 Å². The number of amides is 1. The van der Waals surface area contributed by atoms with Crippen LogP contribution in [0.25, 0.3) is 10.1 Å². The molecule has 21 heavy (non-hydrogen) atoms. The number of sulfonamides is 1. The van der Waals surface area contributed by atoms with Gasteiger partial charge in [0.15, 0.2) is 0 Å². The fourth-order valence-electron chi connectivity index (χ4n) is 1.73. The smallest absolute Gasteiger partial charge is 0.421 e. The summed E-state index contributed by atoms with van der Waals surface area (Å²) in [6.45, 7) is 6.94. The van der Waals surface area contributed by atoms with Crippen molar-refractivity contribution in [3.8, 4) is 0 Å². The van der Waals surface area contributed by atoms with Crippen LogP contribution in [-0.4, -0.2) is 20.1 Å². The zero-order valence-electron chi connectivity index (χ0n) is 12.3. The molecule has 0 aliphatic carbocycles. The van der Waals surface area contributed by atoms with Crippen LogP contribution < -0.4 is 4.72 Å². The number of thiophene rings is 1. The van der Waals surface area contributed by atoms with Gasteiger partial charge in [-0.25, -0.2) is 17.9 Å². The van der Waals surface area contributed by atoms with Gasteiger partial charge in [0.05, 0.1) is 0 Å². The van der Waals surface area contributed by atoms with E-state index in [9.17, 15) is 13.2 Å². The molecule has 1 aromatic carbocycles. The summed E-state index contributed by atoms with van der Waals surface area (Å²) < 4.78 is 32.2. The Morgan fingerprint density at radius 3 is 2.52 bits per heavy atom. The molecule has 1 heterocycles. The molecule has 5 nitrogen and oxygen atoms in total. The molecule has 0 spiro atoms. The molecule has 0 aliphatic heterocycles. The second-order valence-corrected chi connectivity index (χ2v) is 8.71. The van der Waals surface area contributed by atoms with Gasteiger partial charge in [0.1, 0.15) is 9.81 Å². The highest BCUT2D eigenvalue weighted by atomic mass is 32.2. The van der Waals surface area contributed by atoms with Gasteiger partial charge >= 0.3 is 6.09 Å². The normalized spacial score (nSPS) is 12.4. The topological polar surface area (TPSA) is 72.5 Å². The van der Waals surface area contributed by atoms with Crippen LogP contribution in [0.5, 0.6) is 0 Å². The average molecular weight is 327 g/mol. The first-order valence-electron chi connectivity index (χ1n) is 6.33. The highest BCUT2D eigenvalue weighted by Crippen LogP contribution is 2.29. The summed E-state index contributed by atoms with van der Waals surface area (Å²) in [6, 6.07) is 7.23. The van der Waals surface area contributed by atoms with Crippen molar-refractivity contribution in [1.82, 2.24) is 4.72 Å². The van der Waals surface area contributed by atoms with Crippen molar-refractivity contribution in [2.45, 2.75) is 37.5 Å². The van der Waals surface area contributed by atoms with Crippen molar-refractivity contribution in [3.63, 3.8) is 0 Å². The van der Waals surface area contributed by atoms with Crippen LogP contribution in [0.15, 0.2) is 28.5 Å². The predicted octanol–water partition coefficient (Wildman–Crippen LogP) is 3.42. The van der Waals surface area contributed by atoms with Crippen LogP contribution in [-0.2, 0) is 14.8 Å². The number of hydrogen-bond acceptors (Lipinski definition) is 5. The van der Waals surface area contributed by atoms with Crippen molar-refractivity contribution in [2.24, 2.45) is 0 Å². The van der Waals surface area contributed by atoms with Crippen LogP contribution in [0.2, 0.25) is 0 Å². The first kappa shape index (κ1) is 15.8. The molecule has 2 aromatic rings. The summed E-state index contributed by atoms with van der Waals surface area (Å²) in [5.41, 5.74) is 0.293. The maximum Gasteiger partial charge on any atom is 0.421 e. The number of fused-ring (bicyclic) bond motifs is 1. The van der Waals surface area contributed by atoms with E-state index < -0.39 is 21.7 Å². The third-order valence-corrected chi connectivity index (χ3v) is 5.43. The summed E-state index contributed by atoms with van der Waals surface area (Å²) in [4.78, 5) is 11.6. The summed E-state index contributed by atoms with van der Waals surface area (Å²) in [5.74, 6) is 0. The summed E-state index contributed by atoms with van der Waals surface area (Å²) >= 11 is 1.11. The van der Waals surface area contributed by atoms with E-state index in [1.807, 2.05) is 29.8 Å². The predicted molar refractivity (Wildman–Crippen MR) is 83.1 cm³/mol. The summed E-state index contributed by atoms with van der Waals surface area (Å²) in [7, 11) is -3.91. The maximum absolute atomic E-state index is 12.2. The van der Waals surface area contributed by atoms with Gasteiger partial charge in [-0.3, -0.25) is 0 Å². The van der Waals surface area contributed by atoms with Gasteiger partial charge in [0, 0.05) is 4.70 Å². The SMILES string of the molecule is Cc1ccc2sc(S(=O)(=O)NC(=O)OC(C)(C)C)cc2c1. The quantitative estimate of drug-likeness (QED) is 0.917. The molecule has 0 saturated heterocycles. The van der Waals surface area contributed by atoms with Gasteiger partial charge in [-0.2, -0.15) is 0 Å². The largest absolute Gasteiger partial charge is 0.443 e. The van der Waals surface area contributed by atoms with Crippen LogP contribution in [0.4, 0.5) is 4.79 Å². The monoisotopic (exact) mass is 327 g/mol. The number of ether oxygens (including phenoxy) is 1. The maximum atomic E-state index is 12.2. The van der Waals surface area contributed by atoms with Gasteiger partial charge < -0.3 is 4.74 Å². The lowest BCUT2D eigenvalue weighted by Crippen LogP contribution is -2.36. The fraction of sp³-hybridized carbons (Fsp3) is 0.357. The lowest BCUT2D eigenvalue weighted by atomic mass is 10.2. The Kier molecular flexibility index (Phi) is 3.99. The minimum absolute atomic E-state index is 0.0916. The number of nitrogens with one attached hydrogen (secondary N) is 1. The van der Waals surface area contributed by atoms with Crippen molar-refractivity contribution in [1.29, 1.82) is 0 Å². The highest BCUT2D eigenvalue weighted by molar-refractivity contribution is 7.92. The summed E-state index contributed by atoms with van der Waals surface area (Å²) in [6.07, 6.45) is -0.976. The molecule has 0 aliphatic rings. The molecule has 7 heteroatoms. The van der Waals surface area contributed by atoms with E-state index in [-0.39, 0.29) is 4.21 Å². The van der Waals surface area contributed by atoms with Crippen molar-refractivity contribution < 1.29 is 17.9 Å². The van der Waals surface area contributed by atoms with E-state index in [4.69, 9.17) is 4.74 Å². The molecule has 2 rings (SSSR count). The van der Waals surface area contributed by atoms with Crippen molar-refractivity contribution in [3.05, 3.63) is 29.8 Å². The van der Waals surface area contributed by atoms with Crippen molar-refractivity contribution in [2.75, 3.05) is 0 Å². The lowest BCUT2D eigenvalue weighted by molar-refractivity contribution is 0.0570. The van der Waals surface area contributed by atoms with E-state index in [2.05, 4.69) is 0 Å². The zero-order valence-corrected chi connectivity index (χ0v) is 13.9. The Labute approximate surface area is 128 Å². The standard InChI is InChI=1S/C14H17NO4S2/c1-9-5-6-11-10(7-9)8-12(20-11)21(17,18)15-13(16)19-14(2,3)4/h5-8H,1-4H3,(H,15,16). The number of rotatable bonds is 2. The molecular weight excluding hydrogens is 310 g/mol. The fourth-order valence-corrected chi connectivity index (χ4v) is 3.98. The first-order chi connectivity index (χ1) is 9.57. The van der Waals surface area contributed by atoms with Gasteiger partial charge in [0.25, 0.3) is 10.0 Å². The second kappa shape index (κ2) is 5.31. The minimum atomic E-state index is -3.91. The van der Waals surface area contributed by atoms with E-state index in [1.54, 1.807) is 26.8 Å². The van der Waals surface area contributed by atoms with Gasteiger partial charge in [-0.05, 0) is 45.2 Å². The molecule has 0 radical (unpaired) electrons.